The van der Waals surface area contributed by atoms with Crippen LogP contribution in [0.2, 0.25) is 0 Å². The Morgan fingerprint density at radius 1 is 1.36 bits per heavy atom. The number of piperidine rings is 1. The Kier molecular flexibility index (Phi) is 4.03. The number of hydrogen-bond acceptors (Lipinski definition) is 3. The Hall–Kier alpha value is -2.63. The number of rotatable bonds is 3. The third-order valence-electron chi connectivity index (χ3n) is 4.94. The van der Waals surface area contributed by atoms with E-state index in [2.05, 4.69) is 29.1 Å². The Bertz CT molecular complexity index is 910. The topological polar surface area (TPSA) is 66.8 Å². The lowest BCUT2D eigenvalue weighted by atomic mass is 10.0. The number of likely N-dealkylation sites (tertiary alicyclic amines) is 1. The molecule has 4 rings (SSSR count). The summed E-state index contributed by atoms with van der Waals surface area (Å²) in [5.41, 5.74) is 3.84. The highest BCUT2D eigenvalue weighted by Crippen LogP contribution is 2.31. The first-order valence-corrected chi connectivity index (χ1v) is 8.95. The highest BCUT2D eigenvalue weighted by Gasteiger charge is 2.31. The maximum Gasteiger partial charge on any atom is 0.257 e. The van der Waals surface area contributed by atoms with Gasteiger partial charge in [-0.2, -0.15) is 5.10 Å². The van der Waals surface area contributed by atoms with Crippen LogP contribution in [0.3, 0.4) is 0 Å². The SMILES string of the molecule is CCn1cc(C(=O)N2CCCCC2c2nc3ccc(C)cc3[nH]2)cn1. The molecule has 0 spiro atoms. The summed E-state index contributed by atoms with van der Waals surface area (Å²) < 4.78 is 1.79. The number of benzene rings is 1. The first-order valence-electron chi connectivity index (χ1n) is 8.95. The van der Waals surface area contributed by atoms with Crippen molar-refractivity contribution in [1.29, 1.82) is 0 Å². The number of H-pyrrole nitrogens is 1. The normalized spacial score (nSPS) is 18.0. The summed E-state index contributed by atoms with van der Waals surface area (Å²) in [7, 11) is 0. The smallest absolute Gasteiger partial charge is 0.257 e. The minimum Gasteiger partial charge on any atom is -0.340 e. The van der Waals surface area contributed by atoms with E-state index in [1.807, 2.05) is 24.1 Å². The predicted octanol–water partition coefficient (Wildman–Crippen LogP) is 3.46. The van der Waals surface area contributed by atoms with Crippen molar-refractivity contribution in [2.24, 2.45) is 0 Å². The summed E-state index contributed by atoms with van der Waals surface area (Å²) in [6.45, 7) is 5.61. The fraction of sp³-hybridized carbons (Fsp3) is 0.421. The molecule has 3 heterocycles. The first kappa shape index (κ1) is 15.9. The highest BCUT2D eigenvalue weighted by atomic mass is 16.2. The minimum absolute atomic E-state index is 0.000988. The standard InChI is InChI=1S/C19H23N5O/c1-3-23-12-14(11-20-23)19(25)24-9-5-4-6-17(24)18-21-15-8-7-13(2)10-16(15)22-18/h7-8,10-12,17H,3-6,9H2,1-2H3,(H,21,22). The Balaban J connectivity index is 1.66. The van der Waals surface area contributed by atoms with Crippen molar-refractivity contribution in [1.82, 2.24) is 24.6 Å². The van der Waals surface area contributed by atoms with Crippen molar-refractivity contribution in [2.45, 2.75) is 45.7 Å². The van der Waals surface area contributed by atoms with Gasteiger partial charge in [-0.3, -0.25) is 9.48 Å². The van der Waals surface area contributed by atoms with Gasteiger partial charge in [-0.15, -0.1) is 0 Å². The van der Waals surface area contributed by atoms with Crippen molar-refractivity contribution in [3.8, 4) is 0 Å². The molecule has 1 atom stereocenters. The zero-order valence-electron chi connectivity index (χ0n) is 14.7. The number of hydrogen-bond donors (Lipinski definition) is 1. The molecule has 1 unspecified atom stereocenters. The lowest BCUT2D eigenvalue weighted by Gasteiger charge is -2.34. The van der Waals surface area contributed by atoms with Crippen molar-refractivity contribution in [3.63, 3.8) is 0 Å². The molecule has 1 aliphatic rings. The van der Waals surface area contributed by atoms with Crippen LogP contribution in [-0.2, 0) is 6.54 Å². The fourth-order valence-electron chi connectivity index (χ4n) is 3.57. The fourth-order valence-corrected chi connectivity index (χ4v) is 3.57. The van der Waals surface area contributed by atoms with E-state index in [4.69, 9.17) is 4.98 Å². The Morgan fingerprint density at radius 2 is 2.24 bits per heavy atom. The monoisotopic (exact) mass is 337 g/mol. The van der Waals surface area contributed by atoms with Gasteiger partial charge in [0.15, 0.2) is 0 Å². The van der Waals surface area contributed by atoms with Crippen LogP contribution in [0.5, 0.6) is 0 Å². The molecular weight excluding hydrogens is 314 g/mol. The highest BCUT2D eigenvalue weighted by molar-refractivity contribution is 5.94. The van der Waals surface area contributed by atoms with Gasteiger partial charge in [-0.05, 0) is 50.8 Å². The van der Waals surface area contributed by atoms with Crippen LogP contribution >= 0.6 is 0 Å². The molecule has 0 radical (unpaired) electrons. The molecule has 1 fully saturated rings. The number of carbonyl (C=O) groups is 1. The number of nitrogens with zero attached hydrogens (tertiary/aromatic N) is 4. The van der Waals surface area contributed by atoms with Crippen molar-refractivity contribution < 1.29 is 4.79 Å². The minimum atomic E-state index is -0.000988. The van der Waals surface area contributed by atoms with Gasteiger partial charge in [-0.1, -0.05) is 6.07 Å². The van der Waals surface area contributed by atoms with E-state index in [0.717, 1.165) is 49.2 Å². The second-order valence-corrected chi connectivity index (χ2v) is 6.74. The molecular formula is C19H23N5O. The average Bonchev–Trinajstić information content (AvgIpc) is 3.27. The number of fused-ring (bicyclic) bond motifs is 1. The van der Waals surface area contributed by atoms with Crippen LogP contribution in [0.4, 0.5) is 0 Å². The quantitative estimate of drug-likeness (QED) is 0.796. The van der Waals surface area contributed by atoms with E-state index in [-0.39, 0.29) is 11.9 Å². The summed E-state index contributed by atoms with van der Waals surface area (Å²) in [5, 5.41) is 4.24. The van der Waals surface area contributed by atoms with Gasteiger partial charge in [0.1, 0.15) is 5.82 Å². The largest absolute Gasteiger partial charge is 0.340 e. The number of amides is 1. The van der Waals surface area contributed by atoms with E-state index in [9.17, 15) is 4.79 Å². The second kappa shape index (κ2) is 6.35. The van der Waals surface area contributed by atoms with Gasteiger partial charge in [0.25, 0.3) is 5.91 Å². The maximum absolute atomic E-state index is 13.0. The first-order chi connectivity index (χ1) is 12.2. The zero-order chi connectivity index (χ0) is 17.4. The van der Waals surface area contributed by atoms with E-state index in [0.29, 0.717) is 5.56 Å². The summed E-state index contributed by atoms with van der Waals surface area (Å²) in [5.74, 6) is 0.928. The molecule has 0 bridgehead atoms. The molecule has 2 aromatic heterocycles. The van der Waals surface area contributed by atoms with Crippen LogP contribution in [0.15, 0.2) is 30.6 Å². The van der Waals surface area contributed by atoms with Crippen LogP contribution < -0.4 is 0 Å². The van der Waals surface area contributed by atoms with Crippen molar-refractivity contribution >= 4 is 16.9 Å². The zero-order valence-corrected chi connectivity index (χ0v) is 14.7. The lowest BCUT2D eigenvalue weighted by Crippen LogP contribution is -2.38. The molecule has 1 N–H and O–H groups in total. The predicted molar refractivity (Wildman–Crippen MR) is 96.4 cm³/mol. The molecule has 25 heavy (non-hydrogen) atoms. The Morgan fingerprint density at radius 3 is 3.04 bits per heavy atom. The van der Waals surface area contributed by atoms with Crippen LogP contribution in [0, 0.1) is 6.92 Å². The van der Waals surface area contributed by atoms with E-state index in [1.165, 1.54) is 5.56 Å². The molecule has 0 saturated carbocycles. The van der Waals surface area contributed by atoms with Crippen LogP contribution in [0.1, 0.15) is 54.0 Å². The molecule has 1 aromatic carbocycles. The molecule has 1 saturated heterocycles. The molecule has 130 valence electrons. The third kappa shape index (κ3) is 2.92. The van der Waals surface area contributed by atoms with Gasteiger partial charge in [0, 0.05) is 19.3 Å². The summed E-state index contributed by atoms with van der Waals surface area (Å²) >= 11 is 0. The molecule has 6 heteroatoms. The van der Waals surface area contributed by atoms with Crippen LogP contribution in [0.25, 0.3) is 11.0 Å². The van der Waals surface area contributed by atoms with E-state index < -0.39 is 0 Å². The number of carbonyl (C=O) groups excluding carboxylic acids is 1. The summed E-state index contributed by atoms with van der Waals surface area (Å²) in [4.78, 5) is 23.2. The molecule has 3 aromatic rings. The van der Waals surface area contributed by atoms with Gasteiger partial charge < -0.3 is 9.88 Å². The maximum atomic E-state index is 13.0. The Labute approximate surface area is 146 Å². The molecule has 0 aliphatic carbocycles. The lowest BCUT2D eigenvalue weighted by molar-refractivity contribution is 0.0601. The molecule has 1 amide bonds. The van der Waals surface area contributed by atoms with E-state index >= 15 is 0 Å². The second-order valence-electron chi connectivity index (χ2n) is 6.74. The average molecular weight is 337 g/mol. The van der Waals surface area contributed by atoms with Crippen molar-refractivity contribution in [3.05, 3.63) is 47.5 Å². The van der Waals surface area contributed by atoms with E-state index in [1.54, 1.807) is 10.9 Å². The summed E-state index contributed by atoms with van der Waals surface area (Å²) in [6.07, 6.45) is 6.57. The van der Waals surface area contributed by atoms with Gasteiger partial charge in [-0.25, -0.2) is 4.98 Å². The number of aromatic amines is 1. The third-order valence-corrected chi connectivity index (χ3v) is 4.94. The number of nitrogens with one attached hydrogen (secondary N) is 1. The summed E-state index contributed by atoms with van der Waals surface area (Å²) in [6, 6.07) is 6.20. The van der Waals surface area contributed by atoms with Gasteiger partial charge >= 0.3 is 0 Å². The number of aryl methyl sites for hydroxylation is 2. The number of aromatic nitrogens is 4. The van der Waals surface area contributed by atoms with Crippen LogP contribution in [-0.4, -0.2) is 37.1 Å². The van der Waals surface area contributed by atoms with Gasteiger partial charge in [0.2, 0.25) is 0 Å². The van der Waals surface area contributed by atoms with Crippen molar-refractivity contribution in [2.75, 3.05) is 6.54 Å². The van der Waals surface area contributed by atoms with Gasteiger partial charge in [0.05, 0.1) is 28.8 Å². The number of imidazole rings is 1. The molecule has 6 nitrogen and oxygen atoms in total. The molecule has 1 aliphatic heterocycles.